The van der Waals surface area contributed by atoms with E-state index in [4.69, 9.17) is 0 Å². The van der Waals surface area contributed by atoms with Crippen molar-refractivity contribution in [2.45, 2.75) is 20.8 Å². The molecule has 0 aliphatic heterocycles. The van der Waals surface area contributed by atoms with Gasteiger partial charge < -0.3 is 10.2 Å². The van der Waals surface area contributed by atoms with Crippen LogP contribution in [0.25, 0.3) is 11.1 Å². The Bertz CT molecular complexity index is 571. The molecular formula is C15H16O2. The maximum atomic E-state index is 9.94. The highest BCUT2D eigenvalue weighted by Crippen LogP contribution is 2.38. The zero-order valence-corrected chi connectivity index (χ0v) is 10.3. The van der Waals surface area contributed by atoms with Gasteiger partial charge in [-0.15, -0.1) is 0 Å². The Kier molecular flexibility index (Phi) is 2.80. The van der Waals surface area contributed by atoms with Crippen LogP contribution >= 0.6 is 0 Å². The summed E-state index contributed by atoms with van der Waals surface area (Å²) >= 11 is 0. The Balaban J connectivity index is 2.61. The number of hydrogen-bond acceptors (Lipinski definition) is 2. The molecule has 0 radical (unpaired) electrons. The first-order valence-electron chi connectivity index (χ1n) is 5.60. The smallest absolute Gasteiger partial charge is 0.165 e. The van der Waals surface area contributed by atoms with Crippen molar-refractivity contribution in [1.29, 1.82) is 0 Å². The van der Waals surface area contributed by atoms with Gasteiger partial charge in [-0.3, -0.25) is 0 Å². The van der Waals surface area contributed by atoms with Crippen molar-refractivity contribution >= 4 is 0 Å². The van der Waals surface area contributed by atoms with E-state index in [9.17, 15) is 10.2 Å². The number of hydrogen-bond donors (Lipinski definition) is 2. The van der Waals surface area contributed by atoms with Crippen molar-refractivity contribution in [2.24, 2.45) is 0 Å². The first-order valence-corrected chi connectivity index (χ1v) is 5.60. The first kappa shape index (κ1) is 11.5. The van der Waals surface area contributed by atoms with Crippen LogP contribution in [-0.4, -0.2) is 10.2 Å². The minimum Gasteiger partial charge on any atom is -0.504 e. The molecule has 0 atom stereocenters. The van der Waals surface area contributed by atoms with E-state index < -0.39 is 0 Å². The van der Waals surface area contributed by atoms with Gasteiger partial charge in [-0.2, -0.15) is 0 Å². The maximum absolute atomic E-state index is 9.94. The van der Waals surface area contributed by atoms with Gasteiger partial charge in [-0.05, 0) is 43.0 Å². The van der Waals surface area contributed by atoms with Gasteiger partial charge in [-0.25, -0.2) is 0 Å². The van der Waals surface area contributed by atoms with Crippen LogP contribution in [0.15, 0.2) is 30.3 Å². The van der Waals surface area contributed by atoms with Crippen molar-refractivity contribution in [3.63, 3.8) is 0 Å². The lowest BCUT2D eigenvalue weighted by Crippen LogP contribution is -1.86. The van der Waals surface area contributed by atoms with E-state index in [0.717, 1.165) is 5.56 Å². The molecule has 0 bridgehead atoms. The summed E-state index contributed by atoms with van der Waals surface area (Å²) in [4.78, 5) is 0. The molecule has 0 amide bonds. The van der Waals surface area contributed by atoms with Crippen LogP contribution in [0.1, 0.15) is 16.7 Å². The fourth-order valence-corrected chi connectivity index (χ4v) is 1.82. The lowest BCUT2D eigenvalue weighted by atomic mass is 9.98. The Hall–Kier alpha value is -1.96. The molecule has 2 heteroatoms. The molecule has 0 aliphatic carbocycles. The van der Waals surface area contributed by atoms with Gasteiger partial charge in [0.1, 0.15) is 0 Å². The molecule has 88 valence electrons. The topological polar surface area (TPSA) is 40.5 Å². The average molecular weight is 228 g/mol. The quantitative estimate of drug-likeness (QED) is 0.731. The third-order valence-electron chi connectivity index (χ3n) is 3.17. The van der Waals surface area contributed by atoms with Crippen LogP contribution in [0.4, 0.5) is 0 Å². The predicted octanol–water partition coefficient (Wildman–Crippen LogP) is 3.69. The van der Waals surface area contributed by atoms with Crippen molar-refractivity contribution in [3.8, 4) is 22.6 Å². The highest BCUT2D eigenvalue weighted by atomic mass is 16.3. The van der Waals surface area contributed by atoms with Gasteiger partial charge in [0, 0.05) is 5.56 Å². The van der Waals surface area contributed by atoms with Gasteiger partial charge in [0.05, 0.1) is 0 Å². The summed E-state index contributed by atoms with van der Waals surface area (Å²) < 4.78 is 0. The number of rotatable bonds is 1. The molecule has 2 N–H and O–H groups in total. The monoisotopic (exact) mass is 228 g/mol. The molecule has 0 saturated carbocycles. The largest absolute Gasteiger partial charge is 0.504 e. The van der Waals surface area contributed by atoms with Crippen LogP contribution in [0.3, 0.4) is 0 Å². The summed E-state index contributed by atoms with van der Waals surface area (Å²) in [6.45, 7) is 5.84. The summed E-state index contributed by atoms with van der Waals surface area (Å²) in [6.07, 6.45) is 0. The Labute approximate surface area is 101 Å². The third-order valence-corrected chi connectivity index (χ3v) is 3.17. The zero-order chi connectivity index (χ0) is 12.6. The van der Waals surface area contributed by atoms with E-state index in [1.54, 1.807) is 13.0 Å². The average Bonchev–Trinajstić information content (AvgIpc) is 2.30. The summed E-state index contributed by atoms with van der Waals surface area (Å²) in [6, 6.07) is 9.61. The molecule has 0 unspecified atom stereocenters. The third kappa shape index (κ3) is 1.98. The molecule has 2 rings (SSSR count). The molecule has 0 aromatic heterocycles. The Morgan fingerprint density at radius 2 is 1.35 bits per heavy atom. The van der Waals surface area contributed by atoms with Crippen molar-refractivity contribution in [1.82, 2.24) is 0 Å². The molecule has 0 saturated heterocycles. The number of aryl methyl sites for hydroxylation is 3. The highest BCUT2D eigenvalue weighted by molar-refractivity contribution is 5.74. The summed E-state index contributed by atoms with van der Waals surface area (Å²) in [5, 5.41) is 19.7. The second kappa shape index (κ2) is 4.13. The fourth-order valence-electron chi connectivity index (χ4n) is 1.82. The van der Waals surface area contributed by atoms with Crippen LogP contribution in [0.2, 0.25) is 0 Å². The Morgan fingerprint density at radius 1 is 0.706 bits per heavy atom. The van der Waals surface area contributed by atoms with Crippen molar-refractivity contribution in [3.05, 3.63) is 47.0 Å². The predicted molar refractivity (Wildman–Crippen MR) is 69.4 cm³/mol. The van der Waals surface area contributed by atoms with Gasteiger partial charge in [0.2, 0.25) is 0 Å². The molecule has 0 spiro atoms. The lowest BCUT2D eigenvalue weighted by Gasteiger charge is -2.10. The zero-order valence-electron chi connectivity index (χ0n) is 10.3. The molecular weight excluding hydrogens is 212 g/mol. The van der Waals surface area contributed by atoms with Crippen LogP contribution < -0.4 is 0 Å². The van der Waals surface area contributed by atoms with E-state index >= 15 is 0 Å². The van der Waals surface area contributed by atoms with Gasteiger partial charge >= 0.3 is 0 Å². The standard InChI is InChI=1S/C15H16O2/c1-9-4-6-12(8-11(9)3)13-7-5-10(2)14(16)15(13)17/h4-8,16-17H,1-3H3. The van der Waals surface area contributed by atoms with Gasteiger partial charge in [-0.1, -0.05) is 30.3 Å². The summed E-state index contributed by atoms with van der Waals surface area (Å²) in [7, 11) is 0. The highest BCUT2D eigenvalue weighted by Gasteiger charge is 2.11. The normalized spacial score (nSPS) is 10.5. The SMILES string of the molecule is Cc1ccc(-c2ccc(C)c(O)c2O)cc1C. The van der Waals surface area contributed by atoms with Crippen molar-refractivity contribution < 1.29 is 10.2 Å². The summed E-state index contributed by atoms with van der Waals surface area (Å²) in [5.41, 5.74) is 4.64. The van der Waals surface area contributed by atoms with Crippen molar-refractivity contribution in [2.75, 3.05) is 0 Å². The molecule has 0 fully saturated rings. The number of phenolic OH excluding ortho intramolecular Hbond substituents is 2. The number of aromatic hydroxyl groups is 2. The number of benzene rings is 2. The molecule has 0 aliphatic rings. The van der Waals surface area contributed by atoms with Gasteiger partial charge in [0.15, 0.2) is 11.5 Å². The van der Waals surface area contributed by atoms with Crippen LogP contribution in [-0.2, 0) is 0 Å². The minimum absolute atomic E-state index is 0.0410. The molecule has 2 aromatic carbocycles. The summed E-state index contributed by atoms with van der Waals surface area (Å²) in [5.74, 6) is -0.0889. The minimum atomic E-state index is -0.0479. The van der Waals surface area contributed by atoms with E-state index in [-0.39, 0.29) is 11.5 Å². The molecule has 0 heterocycles. The second-order valence-electron chi connectivity index (χ2n) is 4.43. The fraction of sp³-hybridized carbons (Fsp3) is 0.200. The molecule has 17 heavy (non-hydrogen) atoms. The van der Waals surface area contributed by atoms with E-state index in [0.29, 0.717) is 11.1 Å². The van der Waals surface area contributed by atoms with Crippen LogP contribution in [0, 0.1) is 20.8 Å². The molecule has 2 aromatic rings. The lowest BCUT2D eigenvalue weighted by molar-refractivity contribution is 0.402. The van der Waals surface area contributed by atoms with E-state index in [1.807, 2.05) is 38.1 Å². The first-order chi connectivity index (χ1) is 8.00. The van der Waals surface area contributed by atoms with E-state index in [2.05, 4.69) is 0 Å². The molecule has 2 nitrogen and oxygen atoms in total. The number of phenols is 2. The van der Waals surface area contributed by atoms with E-state index in [1.165, 1.54) is 11.1 Å². The van der Waals surface area contributed by atoms with Gasteiger partial charge in [0.25, 0.3) is 0 Å². The Morgan fingerprint density at radius 3 is 2.00 bits per heavy atom. The second-order valence-corrected chi connectivity index (χ2v) is 4.43. The van der Waals surface area contributed by atoms with Crippen LogP contribution in [0.5, 0.6) is 11.5 Å². The maximum Gasteiger partial charge on any atom is 0.165 e.